The van der Waals surface area contributed by atoms with Crippen molar-refractivity contribution in [2.45, 2.75) is 57.9 Å². The van der Waals surface area contributed by atoms with Crippen LogP contribution in [0.2, 0.25) is 0 Å². The Morgan fingerprint density at radius 2 is 2.03 bits per heavy atom. The van der Waals surface area contributed by atoms with Crippen molar-refractivity contribution in [1.29, 1.82) is 0 Å². The second kappa shape index (κ2) is 8.41. The van der Waals surface area contributed by atoms with Gasteiger partial charge in [-0.15, -0.1) is 23.7 Å². The van der Waals surface area contributed by atoms with Gasteiger partial charge in [0, 0.05) is 22.0 Å². The number of aromatic nitrogens is 1. The van der Waals surface area contributed by atoms with Crippen LogP contribution in [-0.4, -0.2) is 17.0 Å². The van der Waals surface area contributed by atoms with Gasteiger partial charge in [-0.25, -0.2) is 4.79 Å². The third-order valence-electron chi connectivity index (χ3n) is 6.35. The molecule has 1 saturated carbocycles. The number of carbonyl (C=O) groups is 1. The number of fused-ring (bicyclic) bond motifs is 2. The molecule has 31 heavy (non-hydrogen) atoms. The predicted octanol–water partition coefficient (Wildman–Crippen LogP) is 5.15. The number of ether oxygens (including phenoxy) is 1. The van der Waals surface area contributed by atoms with Crippen molar-refractivity contribution >= 4 is 35.2 Å². The van der Waals surface area contributed by atoms with Crippen molar-refractivity contribution in [1.82, 2.24) is 4.40 Å². The molecule has 7 heteroatoms. The maximum atomic E-state index is 13.1. The first-order valence-electron chi connectivity index (χ1n) is 10.7. The number of hydrogen-bond donors (Lipinski definition) is 1. The van der Waals surface area contributed by atoms with E-state index in [0.29, 0.717) is 5.92 Å². The fraction of sp³-hybridized carbons (Fsp3) is 0.417. The number of hydrogen-bond acceptors (Lipinski definition) is 5. The number of pyridine rings is 2. The summed E-state index contributed by atoms with van der Waals surface area (Å²) in [6.45, 7) is 4.09. The van der Waals surface area contributed by atoms with Gasteiger partial charge in [0.25, 0.3) is 5.56 Å². The monoisotopic (exact) mass is 458 g/mol. The summed E-state index contributed by atoms with van der Waals surface area (Å²) in [5.74, 6) is -0.145. The maximum absolute atomic E-state index is 13.1. The summed E-state index contributed by atoms with van der Waals surface area (Å²) in [4.78, 5) is 28.1. The molecule has 2 aliphatic carbocycles. The number of halogens is 1. The molecule has 0 bridgehead atoms. The minimum atomic E-state index is -0.541. The van der Waals surface area contributed by atoms with Crippen LogP contribution in [-0.2, 0) is 11.2 Å². The van der Waals surface area contributed by atoms with E-state index in [2.05, 4.69) is 13.0 Å². The second-order valence-electron chi connectivity index (χ2n) is 8.37. The lowest BCUT2D eigenvalue weighted by molar-refractivity contribution is 0.0524. The van der Waals surface area contributed by atoms with Gasteiger partial charge in [0.05, 0.1) is 12.1 Å². The Morgan fingerprint density at radius 1 is 1.26 bits per heavy atom. The minimum Gasteiger partial charge on any atom is -0.462 e. The summed E-state index contributed by atoms with van der Waals surface area (Å²) in [6, 6.07) is 6.14. The van der Waals surface area contributed by atoms with Gasteiger partial charge in [-0.05, 0) is 92.3 Å². The lowest BCUT2D eigenvalue weighted by atomic mass is 9.93. The van der Waals surface area contributed by atoms with Crippen LogP contribution < -0.4 is 11.3 Å². The SMILES string of the molecule is CCOC(=O)c1cc(C2CC2)c2c(C)c(-c3cc4c(s3)CCCC4N)ccn2c1=O.Cl. The van der Waals surface area contributed by atoms with E-state index in [1.54, 1.807) is 17.4 Å². The Balaban J connectivity index is 0.00000231. The van der Waals surface area contributed by atoms with E-state index >= 15 is 0 Å². The van der Waals surface area contributed by atoms with E-state index in [1.807, 2.05) is 23.6 Å². The van der Waals surface area contributed by atoms with Gasteiger partial charge in [-0.2, -0.15) is 0 Å². The number of esters is 1. The van der Waals surface area contributed by atoms with E-state index in [-0.39, 0.29) is 36.2 Å². The number of nitrogens with two attached hydrogens (primary N) is 1. The summed E-state index contributed by atoms with van der Waals surface area (Å²) in [5.41, 5.74) is 11.7. The Kier molecular flexibility index (Phi) is 5.99. The van der Waals surface area contributed by atoms with Gasteiger partial charge >= 0.3 is 5.97 Å². The van der Waals surface area contributed by atoms with Gasteiger partial charge in [0.1, 0.15) is 5.56 Å². The molecule has 3 aromatic rings. The molecule has 0 spiro atoms. The van der Waals surface area contributed by atoms with E-state index in [9.17, 15) is 9.59 Å². The van der Waals surface area contributed by atoms with Crippen LogP contribution in [0, 0.1) is 6.92 Å². The molecule has 0 saturated heterocycles. The largest absolute Gasteiger partial charge is 0.462 e. The first-order chi connectivity index (χ1) is 14.5. The fourth-order valence-corrected chi connectivity index (χ4v) is 6.00. The molecule has 2 aliphatic rings. The van der Waals surface area contributed by atoms with Crippen LogP contribution in [0.3, 0.4) is 0 Å². The van der Waals surface area contributed by atoms with Crippen LogP contribution in [0.25, 0.3) is 16.0 Å². The van der Waals surface area contributed by atoms with Crippen LogP contribution in [0.4, 0.5) is 0 Å². The molecule has 1 fully saturated rings. The molecule has 3 aromatic heterocycles. The van der Waals surface area contributed by atoms with Crippen LogP contribution in [0.1, 0.15) is 76.5 Å². The summed E-state index contributed by atoms with van der Waals surface area (Å²) < 4.78 is 6.77. The van der Waals surface area contributed by atoms with Crippen LogP contribution in [0.5, 0.6) is 0 Å². The van der Waals surface area contributed by atoms with Crippen molar-refractivity contribution in [3.63, 3.8) is 0 Å². The van der Waals surface area contributed by atoms with Gasteiger partial charge in [-0.1, -0.05) is 0 Å². The zero-order valence-electron chi connectivity index (χ0n) is 17.8. The van der Waals surface area contributed by atoms with Gasteiger partial charge in [-0.3, -0.25) is 9.20 Å². The first kappa shape index (κ1) is 22.1. The molecule has 1 unspecified atom stereocenters. The summed E-state index contributed by atoms with van der Waals surface area (Å²) in [6.07, 6.45) is 7.26. The Labute approximate surface area is 191 Å². The highest BCUT2D eigenvalue weighted by molar-refractivity contribution is 7.15. The smallest absolute Gasteiger partial charge is 0.343 e. The van der Waals surface area contributed by atoms with Crippen molar-refractivity contribution in [2.75, 3.05) is 6.61 Å². The summed E-state index contributed by atoms with van der Waals surface area (Å²) in [7, 11) is 0. The highest BCUT2D eigenvalue weighted by Crippen LogP contribution is 2.45. The molecule has 3 heterocycles. The third kappa shape index (κ3) is 3.71. The first-order valence-corrected chi connectivity index (χ1v) is 11.6. The number of thiophene rings is 1. The van der Waals surface area contributed by atoms with Crippen LogP contribution in [0.15, 0.2) is 29.2 Å². The number of rotatable bonds is 4. The fourth-order valence-electron chi connectivity index (χ4n) is 4.65. The van der Waals surface area contributed by atoms with Crippen molar-refractivity contribution in [2.24, 2.45) is 5.73 Å². The molecule has 0 radical (unpaired) electrons. The lowest BCUT2D eigenvalue weighted by Gasteiger charge is -2.17. The Bertz CT molecular complexity index is 1230. The van der Waals surface area contributed by atoms with Gasteiger partial charge in [0.15, 0.2) is 0 Å². The summed E-state index contributed by atoms with van der Waals surface area (Å²) >= 11 is 1.82. The highest BCUT2D eigenvalue weighted by Gasteiger charge is 2.30. The predicted molar refractivity (Wildman–Crippen MR) is 127 cm³/mol. The highest BCUT2D eigenvalue weighted by atomic mass is 35.5. The van der Waals surface area contributed by atoms with E-state index in [4.69, 9.17) is 10.5 Å². The molecule has 0 aliphatic heterocycles. The zero-order chi connectivity index (χ0) is 21.0. The average molecular weight is 459 g/mol. The van der Waals surface area contributed by atoms with Gasteiger partial charge < -0.3 is 10.5 Å². The van der Waals surface area contributed by atoms with Gasteiger partial charge in [0.2, 0.25) is 0 Å². The Morgan fingerprint density at radius 3 is 2.71 bits per heavy atom. The number of aryl methyl sites for hydroxylation is 2. The zero-order valence-corrected chi connectivity index (χ0v) is 19.4. The molecule has 2 N–H and O–H groups in total. The second-order valence-corrected chi connectivity index (χ2v) is 9.51. The Hall–Kier alpha value is -2.15. The van der Waals surface area contributed by atoms with Crippen molar-refractivity contribution in [3.8, 4) is 10.4 Å². The molecule has 5 rings (SSSR count). The van der Waals surface area contributed by atoms with E-state index < -0.39 is 5.97 Å². The molecule has 5 nitrogen and oxygen atoms in total. The van der Waals surface area contributed by atoms with Crippen molar-refractivity contribution in [3.05, 3.63) is 61.9 Å². The molecule has 164 valence electrons. The molecule has 0 amide bonds. The maximum Gasteiger partial charge on any atom is 0.343 e. The lowest BCUT2D eigenvalue weighted by Crippen LogP contribution is -2.25. The average Bonchev–Trinajstić information content (AvgIpc) is 3.47. The quantitative estimate of drug-likeness (QED) is 0.549. The topological polar surface area (TPSA) is 73.8 Å². The van der Waals surface area contributed by atoms with Crippen molar-refractivity contribution < 1.29 is 9.53 Å². The molecule has 1 atom stereocenters. The standard InChI is InChI=1S/C24H26N2O3S.ClH/c1-3-29-24(28)18-11-16(14-7-8-14)22-13(2)15(9-10-26(22)23(18)27)21-12-17-19(25)5-4-6-20(17)30-21;/h9-12,14,19H,3-8,25H2,1-2H3;1H. The van der Waals surface area contributed by atoms with Crippen LogP contribution >= 0.6 is 23.7 Å². The normalized spacial score (nSPS) is 17.8. The molecular weight excluding hydrogens is 432 g/mol. The van der Waals surface area contributed by atoms with E-state index in [1.165, 1.54) is 15.3 Å². The number of carbonyl (C=O) groups excluding carboxylic acids is 1. The molecule has 0 aromatic carbocycles. The van der Waals surface area contributed by atoms with E-state index in [0.717, 1.165) is 54.3 Å². The third-order valence-corrected chi connectivity index (χ3v) is 7.59. The summed E-state index contributed by atoms with van der Waals surface area (Å²) in [5, 5.41) is 0. The molecular formula is C24H27ClN2O3S. The minimum absolute atomic E-state index is 0. The number of nitrogens with zero attached hydrogens (tertiary/aromatic N) is 1.